The Balaban J connectivity index is 2.96. The molecule has 0 spiro atoms. The number of hydrogen-bond acceptors (Lipinski definition) is 3. The molecule has 0 fully saturated rings. The normalized spacial score (nSPS) is 9.18. The summed E-state index contributed by atoms with van der Waals surface area (Å²) in [6, 6.07) is 6.56. The van der Waals surface area contributed by atoms with Crippen molar-refractivity contribution in [3.8, 4) is 0 Å². The van der Waals surface area contributed by atoms with Crippen molar-refractivity contribution in [2.24, 2.45) is 0 Å². The number of carbonyl (C=O) groups excluding carboxylic acids is 1. The second-order valence-corrected chi connectivity index (χ2v) is 2.31. The maximum absolute atomic E-state index is 10.8. The number of nitrogens with two attached hydrogens (primary N) is 1. The van der Waals surface area contributed by atoms with Gasteiger partial charge in [0.2, 0.25) is 0 Å². The Morgan fingerprint density at radius 3 is 2.82 bits per heavy atom. The monoisotopic (exact) mass is 215 g/mol. The zero-order valence-electron chi connectivity index (χ0n) is 5.58. The maximum Gasteiger partial charge on any atom is 0.349 e. The lowest BCUT2D eigenvalue weighted by atomic mass is 10.2. The third kappa shape index (κ3) is 1.94. The molecule has 4 heteroatoms. The van der Waals surface area contributed by atoms with Crippen LogP contribution in [0.4, 0.5) is 5.69 Å². The van der Waals surface area contributed by atoms with E-state index in [1.165, 1.54) is 0 Å². The predicted molar refractivity (Wildman–Crippen MR) is 45.2 cm³/mol. The molecule has 1 aromatic rings. The number of anilines is 1. The summed E-state index contributed by atoms with van der Waals surface area (Å²) >= 11 is 2.59. The highest BCUT2D eigenvalue weighted by Gasteiger charge is 2.04. The van der Waals surface area contributed by atoms with E-state index >= 15 is 0 Å². The van der Waals surface area contributed by atoms with Gasteiger partial charge in [-0.2, -0.15) is 0 Å². The number of hydrogen-bond donors (Lipinski definition) is 1. The van der Waals surface area contributed by atoms with Crippen LogP contribution >= 0.6 is 16.3 Å². The first-order chi connectivity index (χ1) is 5.24. The molecule has 58 valence electrons. The van der Waals surface area contributed by atoms with Crippen molar-refractivity contribution in [3.63, 3.8) is 0 Å². The van der Waals surface area contributed by atoms with Gasteiger partial charge in [0, 0.05) is 5.69 Å². The van der Waals surface area contributed by atoms with Gasteiger partial charge in [-0.05, 0) is 18.2 Å². The molecule has 0 aliphatic carbocycles. The Hall–Kier alpha value is -1.03. The molecule has 0 radical (unpaired) electrons. The average Bonchev–Trinajstić information content (AvgIpc) is 2.03. The van der Waals surface area contributed by atoms with Gasteiger partial charge in [0.05, 0.1) is 5.56 Å². The van der Waals surface area contributed by atoms with E-state index in [2.05, 4.69) is 20.1 Å². The lowest BCUT2D eigenvalue weighted by molar-refractivity contribution is 0.0782. The van der Waals surface area contributed by atoms with Crippen molar-refractivity contribution in [3.05, 3.63) is 29.8 Å². The molecule has 0 saturated heterocycles. The minimum atomic E-state index is -0.447. The molecule has 0 unspecified atom stereocenters. The minimum absolute atomic E-state index is 0.432. The van der Waals surface area contributed by atoms with Gasteiger partial charge in [-0.15, -0.1) is 0 Å². The molecule has 0 bridgehead atoms. The first-order valence-corrected chi connectivity index (χ1v) is 3.57. The molecule has 0 saturated carbocycles. The van der Waals surface area contributed by atoms with E-state index in [0.717, 1.165) is 0 Å². The fourth-order valence-electron chi connectivity index (χ4n) is 0.710. The second kappa shape index (κ2) is 3.39. The lowest BCUT2D eigenvalue weighted by Crippen LogP contribution is -1.98. The quantitative estimate of drug-likeness (QED) is 0.727. The Kier molecular flexibility index (Phi) is 2.48. The molecular formula is C7H6BrNO2. The van der Waals surface area contributed by atoms with Crippen LogP contribution in [0.3, 0.4) is 0 Å². The Bertz CT molecular complexity index is 275. The van der Waals surface area contributed by atoms with E-state index in [1.807, 2.05) is 0 Å². The zero-order valence-corrected chi connectivity index (χ0v) is 7.17. The van der Waals surface area contributed by atoms with E-state index in [1.54, 1.807) is 24.3 Å². The van der Waals surface area contributed by atoms with Crippen molar-refractivity contribution in [2.45, 2.75) is 0 Å². The largest absolute Gasteiger partial charge is 0.399 e. The Labute approximate surface area is 72.6 Å². The van der Waals surface area contributed by atoms with Crippen LogP contribution in [0.25, 0.3) is 0 Å². The van der Waals surface area contributed by atoms with Gasteiger partial charge in [-0.3, -0.25) is 0 Å². The maximum atomic E-state index is 10.8. The van der Waals surface area contributed by atoms with Crippen molar-refractivity contribution >= 4 is 27.9 Å². The summed E-state index contributed by atoms with van der Waals surface area (Å²) in [7, 11) is 0. The van der Waals surface area contributed by atoms with Gasteiger partial charge in [0.15, 0.2) is 16.3 Å². The van der Waals surface area contributed by atoms with Crippen molar-refractivity contribution in [2.75, 3.05) is 5.73 Å². The summed E-state index contributed by atoms with van der Waals surface area (Å²) in [5.41, 5.74) is 6.40. The fraction of sp³-hybridized carbons (Fsp3) is 0. The van der Waals surface area contributed by atoms with E-state index in [9.17, 15) is 4.79 Å². The highest BCUT2D eigenvalue weighted by Crippen LogP contribution is 2.08. The third-order valence-electron chi connectivity index (χ3n) is 1.19. The third-order valence-corrected chi connectivity index (χ3v) is 1.49. The molecule has 0 atom stereocenters. The molecule has 2 N–H and O–H groups in total. The molecule has 0 heterocycles. The van der Waals surface area contributed by atoms with Gasteiger partial charge >= 0.3 is 5.97 Å². The van der Waals surface area contributed by atoms with E-state index in [-0.39, 0.29) is 0 Å². The van der Waals surface area contributed by atoms with Crippen molar-refractivity contribution < 1.29 is 8.62 Å². The molecule has 0 aromatic heterocycles. The van der Waals surface area contributed by atoms with Crippen LogP contribution in [0.15, 0.2) is 24.3 Å². The van der Waals surface area contributed by atoms with Crippen LogP contribution in [0, 0.1) is 0 Å². The van der Waals surface area contributed by atoms with Gasteiger partial charge in [-0.1, -0.05) is 6.07 Å². The van der Waals surface area contributed by atoms with Gasteiger partial charge in [-0.25, -0.2) is 4.79 Å². The summed E-state index contributed by atoms with van der Waals surface area (Å²) in [5, 5.41) is 0. The van der Waals surface area contributed by atoms with E-state index < -0.39 is 5.97 Å². The highest BCUT2D eigenvalue weighted by molar-refractivity contribution is 9.06. The van der Waals surface area contributed by atoms with Crippen LogP contribution in [-0.4, -0.2) is 5.97 Å². The Morgan fingerprint density at radius 2 is 2.27 bits per heavy atom. The standard InChI is InChI=1S/C7H6BrNO2/c8-11-7(10)5-2-1-3-6(9)4-5/h1-4H,9H2. The lowest BCUT2D eigenvalue weighted by Gasteiger charge is -1.96. The minimum Gasteiger partial charge on any atom is -0.399 e. The first kappa shape index (κ1) is 8.07. The smallest absolute Gasteiger partial charge is 0.349 e. The van der Waals surface area contributed by atoms with E-state index in [0.29, 0.717) is 11.3 Å². The molecule has 11 heavy (non-hydrogen) atoms. The van der Waals surface area contributed by atoms with Gasteiger partial charge in [0.1, 0.15) is 0 Å². The SMILES string of the molecule is Nc1cccc(C(=O)OBr)c1. The zero-order chi connectivity index (χ0) is 8.27. The number of halogens is 1. The van der Waals surface area contributed by atoms with Crippen LogP contribution < -0.4 is 5.73 Å². The molecule has 0 aliphatic rings. The number of rotatable bonds is 1. The number of carbonyl (C=O) groups is 1. The molecule has 1 rings (SSSR count). The highest BCUT2D eigenvalue weighted by atomic mass is 79.9. The van der Waals surface area contributed by atoms with Crippen molar-refractivity contribution in [1.29, 1.82) is 0 Å². The average molecular weight is 216 g/mol. The predicted octanol–water partition coefficient (Wildman–Crippen LogP) is 1.74. The molecule has 1 aromatic carbocycles. The molecule has 0 aliphatic heterocycles. The first-order valence-electron chi connectivity index (χ1n) is 2.92. The van der Waals surface area contributed by atoms with Crippen LogP contribution in [-0.2, 0) is 3.83 Å². The number of benzene rings is 1. The van der Waals surface area contributed by atoms with Gasteiger partial charge in [0.25, 0.3) is 0 Å². The molecule has 3 nitrogen and oxygen atoms in total. The summed E-state index contributed by atoms with van der Waals surface area (Å²) in [6.07, 6.45) is 0. The molecular weight excluding hydrogens is 210 g/mol. The van der Waals surface area contributed by atoms with Gasteiger partial charge < -0.3 is 9.56 Å². The van der Waals surface area contributed by atoms with E-state index in [4.69, 9.17) is 5.73 Å². The summed E-state index contributed by atoms with van der Waals surface area (Å²) in [6.45, 7) is 0. The Morgan fingerprint density at radius 1 is 1.55 bits per heavy atom. The summed E-state index contributed by atoms with van der Waals surface area (Å²) in [4.78, 5) is 10.8. The van der Waals surface area contributed by atoms with Crippen LogP contribution in [0.2, 0.25) is 0 Å². The second-order valence-electron chi connectivity index (χ2n) is 1.99. The summed E-state index contributed by atoms with van der Waals surface area (Å²) in [5.74, 6) is -0.447. The van der Waals surface area contributed by atoms with Crippen molar-refractivity contribution in [1.82, 2.24) is 0 Å². The fourth-order valence-corrected chi connectivity index (χ4v) is 0.897. The number of nitrogen functional groups attached to an aromatic ring is 1. The van der Waals surface area contributed by atoms with Crippen LogP contribution in [0.5, 0.6) is 0 Å². The topological polar surface area (TPSA) is 52.3 Å². The summed E-state index contributed by atoms with van der Waals surface area (Å²) < 4.78 is 4.31. The van der Waals surface area contributed by atoms with Crippen LogP contribution in [0.1, 0.15) is 10.4 Å². The molecule has 0 amide bonds.